The van der Waals surface area contributed by atoms with Crippen LogP contribution < -0.4 is 5.32 Å². The minimum Gasteiger partial charge on any atom is -0.377 e. The quantitative estimate of drug-likeness (QED) is 0.723. The molecule has 0 saturated carbocycles. The van der Waals surface area contributed by atoms with Crippen LogP contribution in [0.1, 0.15) is 11.4 Å². The summed E-state index contributed by atoms with van der Waals surface area (Å²) in [4.78, 5) is 8.69. The standard InChI is InChI=1S/C14H12Br2N4/c1-9-3-2-4-13-19-10(8-20(9)13)5-18-14-11(15)6-17-7-12(14)16/h2-4,6-8H,5H2,1H3,(H,17,18). The molecule has 0 aliphatic rings. The zero-order valence-corrected chi connectivity index (χ0v) is 13.9. The Bertz CT molecular complexity index is 747. The summed E-state index contributed by atoms with van der Waals surface area (Å²) in [5.41, 5.74) is 4.12. The van der Waals surface area contributed by atoms with Gasteiger partial charge >= 0.3 is 0 Å². The van der Waals surface area contributed by atoms with Gasteiger partial charge in [0.25, 0.3) is 0 Å². The molecule has 0 saturated heterocycles. The Balaban J connectivity index is 1.85. The number of nitrogens with one attached hydrogen (secondary N) is 1. The number of nitrogens with zero attached hydrogens (tertiary/aromatic N) is 3. The predicted molar refractivity (Wildman–Crippen MR) is 86.9 cm³/mol. The highest BCUT2D eigenvalue weighted by molar-refractivity contribution is 9.11. The fourth-order valence-electron chi connectivity index (χ4n) is 2.04. The van der Waals surface area contributed by atoms with E-state index in [1.165, 1.54) is 5.69 Å². The van der Waals surface area contributed by atoms with E-state index in [9.17, 15) is 0 Å². The van der Waals surface area contributed by atoms with Gasteiger partial charge in [0.15, 0.2) is 0 Å². The van der Waals surface area contributed by atoms with Gasteiger partial charge in [0, 0.05) is 24.3 Å². The molecule has 0 radical (unpaired) electrons. The van der Waals surface area contributed by atoms with E-state index < -0.39 is 0 Å². The highest BCUT2D eigenvalue weighted by Gasteiger charge is 2.07. The second kappa shape index (κ2) is 5.54. The number of aromatic nitrogens is 3. The normalized spacial score (nSPS) is 10.9. The molecule has 0 aliphatic carbocycles. The van der Waals surface area contributed by atoms with Crippen LogP contribution in [-0.2, 0) is 6.54 Å². The van der Waals surface area contributed by atoms with Crippen molar-refractivity contribution in [1.82, 2.24) is 14.4 Å². The Labute approximate surface area is 133 Å². The topological polar surface area (TPSA) is 42.2 Å². The van der Waals surface area contributed by atoms with Crippen molar-refractivity contribution in [2.75, 3.05) is 5.32 Å². The minimum atomic E-state index is 0.655. The van der Waals surface area contributed by atoms with E-state index in [0.717, 1.165) is 26.0 Å². The van der Waals surface area contributed by atoms with Gasteiger partial charge in [-0.15, -0.1) is 0 Å². The molecule has 0 bridgehead atoms. The van der Waals surface area contributed by atoms with Crippen molar-refractivity contribution >= 4 is 43.2 Å². The van der Waals surface area contributed by atoms with Crippen LogP contribution in [0.15, 0.2) is 45.7 Å². The fourth-order valence-corrected chi connectivity index (χ4v) is 3.25. The second-order valence-electron chi connectivity index (χ2n) is 4.46. The molecule has 6 heteroatoms. The number of imidazole rings is 1. The van der Waals surface area contributed by atoms with Gasteiger partial charge in [0.1, 0.15) is 5.65 Å². The van der Waals surface area contributed by atoms with Gasteiger partial charge in [-0.25, -0.2) is 4.98 Å². The number of hydrogen-bond acceptors (Lipinski definition) is 3. The maximum Gasteiger partial charge on any atom is 0.137 e. The van der Waals surface area contributed by atoms with Crippen LogP contribution in [0.2, 0.25) is 0 Å². The van der Waals surface area contributed by atoms with Crippen molar-refractivity contribution in [3.05, 3.63) is 57.1 Å². The van der Waals surface area contributed by atoms with Crippen LogP contribution in [0.5, 0.6) is 0 Å². The van der Waals surface area contributed by atoms with Crippen LogP contribution in [0, 0.1) is 6.92 Å². The van der Waals surface area contributed by atoms with E-state index in [2.05, 4.69) is 70.7 Å². The average Bonchev–Trinajstić information content (AvgIpc) is 2.83. The summed E-state index contributed by atoms with van der Waals surface area (Å²) in [6.45, 7) is 2.73. The molecule has 4 nitrogen and oxygen atoms in total. The van der Waals surface area contributed by atoms with Gasteiger partial charge < -0.3 is 9.72 Å². The minimum absolute atomic E-state index is 0.655. The zero-order chi connectivity index (χ0) is 14.1. The third-order valence-corrected chi connectivity index (χ3v) is 4.25. The number of hydrogen-bond donors (Lipinski definition) is 1. The van der Waals surface area contributed by atoms with Crippen LogP contribution in [-0.4, -0.2) is 14.4 Å². The van der Waals surface area contributed by atoms with Crippen molar-refractivity contribution in [2.24, 2.45) is 0 Å². The Hall–Kier alpha value is -1.40. The highest BCUT2D eigenvalue weighted by atomic mass is 79.9. The first-order chi connectivity index (χ1) is 9.65. The molecule has 3 aromatic rings. The molecule has 20 heavy (non-hydrogen) atoms. The van der Waals surface area contributed by atoms with Gasteiger partial charge in [-0.1, -0.05) is 6.07 Å². The molecule has 102 valence electrons. The van der Waals surface area contributed by atoms with E-state index in [4.69, 9.17) is 0 Å². The van der Waals surface area contributed by atoms with E-state index in [1.807, 2.05) is 12.1 Å². The third kappa shape index (κ3) is 2.58. The van der Waals surface area contributed by atoms with Crippen LogP contribution in [0.3, 0.4) is 0 Å². The molecule has 3 heterocycles. The first-order valence-electron chi connectivity index (χ1n) is 6.11. The molecule has 0 unspecified atom stereocenters. The summed E-state index contributed by atoms with van der Waals surface area (Å²) in [5, 5.41) is 3.37. The smallest absolute Gasteiger partial charge is 0.137 e. The summed E-state index contributed by atoms with van der Waals surface area (Å²) < 4.78 is 3.94. The maximum absolute atomic E-state index is 4.60. The lowest BCUT2D eigenvalue weighted by molar-refractivity contribution is 1.06. The van der Waals surface area contributed by atoms with Gasteiger partial charge in [0.05, 0.1) is 26.9 Å². The van der Waals surface area contributed by atoms with Crippen molar-refractivity contribution in [2.45, 2.75) is 13.5 Å². The first-order valence-corrected chi connectivity index (χ1v) is 7.70. The summed E-state index contributed by atoms with van der Waals surface area (Å²) in [6, 6.07) is 6.10. The molecule has 3 rings (SSSR count). The molecular formula is C14H12Br2N4. The number of halogens is 2. The molecule has 1 N–H and O–H groups in total. The summed E-state index contributed by atoms with van der Waals surface area (Å²) in [7, 11) is 0. The molecular weight excluding hydrogens is 384 g/mol. The lowest BCUT2D eigenvalue weighted by Gasteiger charge is -2.08. The molecule has 0 spiro atoms. The summed E-state index contributed by atoms with van der Waals surface area (Å²) in [6.07, 6.45) is 5.59. The zero-order valence-electron chi connectivity index (χ0n) is 10.8. The Morgan fingerprint density at radius 1 is 1.20 bits per heavy atom. The molecule has 0 aromatic carbocycles. The molecule has 0 amide bonds. The maximum atomic E-state index is 4.60. The lowest BCUT2D eigenvalue weighted by atomic mass is 10.3. The number of aryl methyl sites for hydroxylation is 1. The number of anilines is 1. The lowest BCUT2D eigenvalue weighted by Crippen LogP contribution is -2.01. The fraction of sp³-hybridized carbons (Fsp3) is 0.143. The molecule has 0 atom stereocenters. The van der Waals surface area contributed by atoms with E-state index >= 15 is 0 Å². The van der Waals surface area contributed by atoms with Gasteiger partial charge in [-0.05, 0) is 50.9 Å². The Kier molecular flexibility index (Phi) is 3.76. The van der Waals surface area contributed by atoms with Crippen molar-refractivity contribution in [3.63, 3.8) is 0 Å². The van der Waals surface area contributed by atoms with Gasteiger partial charge in [-0.3, -0.25) is 4.98 Å². The van der Waals surface area contributed by atoms with E-state index in [0.29, 0.717) is 6.54 Å². The van der Waals surface area contributed by atoms with E-state index in [-0.39, 0.29) is 0 Å². The number of fused-ring (bicyclic) bond motifs is 1. The summed E-state index contributed by atoms with van der Waals surface area (Å²) >= 11 is 6.97. The van der Waals surface area contributed by atoms with Crippen LogP contribution in [0.4, 0.5) is 5.69 Å². The van der Waals surface area contributed by atoms with Crippen LogP contribution in [0.25, 0.3) is 5.65 Å². The monoisotopic (exact) mass is 394 g/mol. The molecule has 3 aromatic heterocycles. The second-order valence-corrected chi connectivity index (χ2v) is 6.17. The van der Waals surface area contributed by atoms with E-state index in [1.54, 1.807) is 12.4 Å². The number of rotatable bonds is 3. The molecule has 0 aliphatic heterocycles. The van der Waals surface area contributed by atoms with Crippen molar-refractivity contribution < 1.29 is 0 Å². The van der Waals surface area contributed by atoms with Crippen molar-refractivity contribution in [3.8, 4) is 0 Å². The van der Waals surface area contributed by atoms with Crippen molar-refractivity contribution in [1.29, 1.82) is 0 Å². The average molecular weight is 396 g/mol. The predicted octanol–water partition coefficient (Wildman–Crippen LogP) is 4.17. The summed E-state index contributed by atoms with van der Waals surface area (Å²) in [5.74, 6) is 0. The first kappa shape index (κ1) is 13.6. The van der Waals surface area contributed by atoms with Gasteiger partial charge in [-0.2, -0.15) is 0 Å². The molecule has 0 fully saturated rings. The third-order valence-electron chi connectivity index (χ3n) is 3.05. The number of pyridine rings is 2. The Morgan fingerprint density at radius 3 is 2.65 bits per heavy atom. The van der Waals surface area contributed by atoms with Crippen LogP contribution >= 0.6 is 31.9 Å². The van der Waals surface area contributed by atoms with Gasteiger partial charge in [0.2, 0.25) is 0 Å². The highest BCUT2D eigenvalue weighted by Crippen LogP contribution is 2.29. The Morgan fingerprint density at radius 2 is 1.95 bits per heavy atom. The SMILES string of the molecule is Cc1cccc2nc(CNc3c(Br)cncc3Br)cn12. The largest absolute Gasteiger partial charge is 0.377 e.